The number of aromatic nitrogens is 2. The van der Waals surface area contributed by atoms with Gasteiger partial charge in [0.2, 0.25) is 0 Å². The first-order chi connectivity index (χ1) is 9.04. The molecule has 2 rings (SSSR count). The normalized spacial score (nSPS) is 21.8. The van der Waals surface area contributed by atoms with Gasteiger partial charge in [0.15, 0.2) is 5.84 Å². The Morgan fingerprint density at radius 1 is 1.58 bits per heavy atom. The SMILES string of the molecule is Cc1nn(C)c(CN2CCCCC2C(N)=NO)c1Br. The van der Waals surface area contributed by atoms with Gasteiger partial charge in [0.1, 0.15) is 0 Å². The first-order valence-corrected chi connectivity index (χ1v) is 7.23. The molecule has 7 heteroatoms. The Hall–Kier alpha value is -1.08. The molecule has 1 aliphatic rings. The van der Waals surface area contributed by atoms with Gasteiger partial charge in [-0.15, -0.1) is 0 Å². The molecule has 1 saturated heterocycles. The summed E-state index contributed by atoms with van der Waals surface area (Å²) in [6.07, 6.45) is 3.19. The molecule has 106 valence electrons. The molecule has 0 bridgehead atoms. The van der Waals surface area contributed by atoms with E-state index in [1.807, 2.05) is 18.7 Å². The highest BCUT2D eigenvalue weighted by atomic mass is 79.9. The van der Waals surface area contributed by atoms with Crippen LogP contribution in [0.25, 0.3) is 0 Å². The van der Waals surface area contributed by atoms with Crippen molar-refractivity contribution in [3.8, 4) is 0 Å². The molecule has 2 heterocycles. The summed E-state index contributed by atoms with van der Waals surface area (Å²) in [7, 11) is 1.94. The molecule has 1 fully saturated rings. The fraction of sp³-hybridized carbons (Fsp3) is 0.667. The van der Waals surface area contributed by atoms with Crippen molar-refractivity contribution in [2.24, 2.45) is 17.9 Å². The van der Waals surface area contributed by atoms with Crippen LogP contribution in [0.4, 0.5) is 0 Å². The molecule has 0 aromatic carbocycles. The van der Waals surface area contributed by atoms with Crippen LogP contribution in [-0.4, -0.2) is 38.3 Å². The number of hydrogen-bond acceptors (Lipinski definition) is 4. The summed E-state index contributed by atoms with van der Waals surface area (Å²) < 4.78 is 2.93. The number of piperidine rings is 1. The van der Waals surface area contributed by atoms with E-state index in [0.717, 1.165) is 48.2 Å². The van der Waals surface area contributed by atoms with Crippen LogP contribution in [0.1, 0.15) is 30.7 Å². The van der Waals surface area contributed by atoms with Crippen molar-refractivity contribution in [2.45, 2.75) is 38.8 Å². The third-order valence-electron chi connectivity index (χ3n) is 3.69. The van der Waals surface area contributed by atoms with Crippen molar-refractivity contribution in [1.29, 1.82) is 0 Å². The van der Waals surface area contributed by atoms with Crippen LogP contribution in [-0.2, 0) is 13.6 Å². The average molecular weight is 330 g/mol. The highest BCUT2D eigenvalue weighted by Crippen LogP contribution is 2.25. The van der Waals surface area contributed by atoms with Crippen LogP contribution in [0.2, 0.25) is 0 Å². The summed E-state index contributed by atoms with van der Waals surface area (Å²) in [5.74, 6) is 0.301. The average Bonchev–Trinajstić information content (AvgIpc) is 2.65. The van der Waals surface area contributed by atoms with E-state index in [4.69, 9.17) is 10.9 Å². The molecule has 1 aliphatic heterocycles. The molecule has 0 radical (unpaired) electrons. The zero-order valence-corrected chi connectivity index (χ0v) is 12.9. The molecule has 0 amide bonds. The molecule has 0 spiro atoms. The van der Waals surface area contributed by atoms with Gasteiger partial charge >= 0.3 is 0 Å². The Morgan fingerprint density at radius 2 is 2.32 bits per heavy atom. The van der Waals surface area contributed by atoms with E-state index in [-0.39, 0.29) is 6.04 Å². The lowest BCUT2D eigenvalue weighted by Gasteiger charge is -2.34. The molecule has 1 unspecified atom stereocenters. The largest absolute Gasteiger partial charge is 0.409 e. The minimum absolute atomic E-state index is 0.0147. The van der Waals surface area contributed by atoms with Gasteiger partial charge in [-0.25, -0.2) is 0 Å². The molecular formula is C12H20BrN5O. The van der Waals surface area contributed by atoms with Gasteiger partial charge in [-0.3, -0.25) is 9.58 Å². The number of aryl methyl sites for hydroxylation is 2. The highest BCUT2D eigenvalue weighted by Gasteiger charge is 2.27. The summed E-state index contributed by atoms with van der Waals surface area (Å²) in [5, 5.41) is 16.5. The predicted octanol–water partition coefficient (Wildman–Crippen LogP) is 1.59. The van der Waals surface area contributed by atoms with E-state index in [1.165, 1.54) is 0 Å². The molecule has 6 nitrogen and oxygen atoms in total. The second kappa shape index (κ2) is 5.92. The van der Waals surface area contributed by atoms with Gasteiger partial charge in [0.25, 0.3) is 0 Å². The fourth-order valence-electron chi connectivity index (χ4n) is 2.63. The van der Waals surface area contributed by atoms with E-state index in [0.29, 0.717) is 5.84 Å². The van der Waals surface area contributed by atoms with Crippen molar-refractivity contribution in [2.75, 3.05) is 6.54 Å². The van der Waals surface area contributed by atoms with Gasteiger partial charge in [0, 0.05) is 13.6 Å². The monoisotopic (exact) mass is 329 g/mol. The second-order valence-corrected chi connectivity index (χ2v) is 5.77. The Bertz CT molecular complexity index is 485. The zero-order valence-electron chi connectivity index (χ0n) is 11.3. The Labute approximate surface area is 121 Å². The van der Waals surface area contributed by atoms with Crippen LogP contribution in [0, 0.1) is 6.92 Å². The number of halogens is 1. The third-order valence-corrected chi connectivity index (χ3v) is 4.72. The maximum absolute atomic E-state index is 8.89. The molecule has 19 heavy (non-hydrogen) atoms. The second-order valence-electron chi connectivity index (χ2n) is 4.98. The minimum atomic E-state index is 0.0147. The molecular weight excluding hydrogens is 310 g/mol. The molecule has 0 saturated carbocycles. The number of amidine groups is 1. The summed E-state index contributed by atoms with van der Waals surface area (Å²) in [5.41, 5.74) is 7.90. The van der Waals surface area contributed by atoms with Gasteiger partial charge in [0.05, 0.1) is 21.9 Å². The standard InChI is InChI=1S/C12H20BrN5O/c1-8-11(13)10(17(2)15-8)7-18-6-4-3-5-9(18)12(14)16-19/h9,19H,3-7H2,1-2H3,(H2,14,16). The van der Waals surface area contributed by atoms with E-state index in [1.54, 1.807) is 0 Å². The predicted molar refractivity (Wildman–Crippen MR) is 77.1 cm³/mol. The number of likely N-dealkylation sites (tertiary alicyclic amines) is 1. The number of nitrogens with zero attached hydrogens (tertiary/aromatic N) is 4. The lowest BCUT2D eigenvalue weighted by Crippen LogP contribution is -2.47. The number of hydrogen-bond donors (Lipinski definition) is 2. The van der Waals surface area contributed by atoms with Crippen molar-refractivity contribution in [3.63, 3.8) is 0 Å². The van der Waals surface area contributed by atoms with Gasteiger partial charge in [-0.05, 0) is 42.2 Å². The Kier molecular flexibility index (Phi) is 4.46. The molecule has 0 aliphatic carbocycles. The van der Waals surface area contributed by atoms with Crippen molar-refractivity contribution < 1.29 is 5.21 Å². The summed E-state index contributed by atoms with van der Waals surface area (Å²) >= 11 is 3.58. The van der Waals surface area contributed by atoms with Crippen LogP contribution in [0.5, 0.6) is 0 Å². The summed E-state index contributed by atoms with van der Waals surface area (Å²) in [4.78, 5) is 2.25. The van der Waals surface area contributed by atoms with Crippen LogP contribution in [0.15, 0.2) is 9.63 Å². The van der Waals surface area contributed by atoms with Crippen LogP contribution >= 0.6 is 15.9 Å². The number of rotatable bonds is 3. The van der Waals surface area contributed by atoms with E-state index in [2.05, 4.69) is 31.1 Å². The van der Waals surface area contributed by atoms with Crippen LogP contribution < -0.4 is 5.73 Å². The first-order valence-electron chi connectivity index (χ1n) is 6.44. The van der Waals surface area contributed by atoms with Crippen molar-refractivity contribution >= 4 is 21.8 Å². The molecule has 1 aromatic heterocycles. The van der Waals surface area contributed by atoms with E-state index in [9.17, 15) is 0 Å². The quantitative estimate of drug-likeness (QED) is 0.382. The van der Waals surface area contributed by atoms with Gasteiger partial charge in [-0.1, -0.05) is 11.6 Å². The summed E-state index contributed by atoms with van der Waals surface area (Å²) in [6, 6.07) is 0.0147. The first kappa shape index (κ1) is 14.3. The van der Waals surface area contributed by atoms with E-state index >= 15 is 0 Å². The smallest absolute Gasteiger partial charge is 0.156 e. The maximum Gasteiger partial charge on any atom is 0.156 e. The Balaban J connectivity index is 2.20. The topological polar surface area (TPSA) is 79.7 Å². The van der Waals surface area contributed by atoms with Crippen LogP contribution in [0.3, 0.4) is 0 Å². The fourth-order valence-corrected chi connectivity index (χ4v) is 3.09. The zero-order chi connectivity index (χ0) is 14.0. The molecule has 1 atom stereocenters. The van der Waals surface area contributed by atoms with Crippen molar-refractivity contribution in [3.05, 3.63) is 15.9 Å². The van der Waals surface area contributed by atoms with E-state index < -0.39 is 0 Å². The van der Waals surface area contributed by atoms with Crippen molar-refractivity contribution in [1.82, 2.24) is 14.7 Å². The van der Waals surface area contributed by atoms with Gasteiger partial charge in [-0.2, -0.15) is 5.10 Å². The lowest BCUT2D eigenvalue weighted by atomic mass is 10.0. The Morgan fingerprint density at radius 3 is 2.89 bits per heavy atom. The lowest BCUT2D eigenvalue weighted by molar-refractivity contribution is 0.174. The maximum atomic E-state index is 8.89. The third kappa shape index (κ3) is 2.92. The van der Waals surface area contributed by atoms with Gasteiger partial charge < -0.3 is 10.9 Å². The highest BCUT2D eigenvalue weighted by molar-refractivity contribution is 9.10. The minimum Gasteiger partial charge on any atom is -0.409 e. The molecule has 3 N–H and O–H groups in total. The number of oxime groups is 1. The molecule has 1 aromatic rings. The summed E-state index contributed by atoms with van der Waals surface area (Å²) in [6.45, 7) is 3.68. The number of nitrogens with two attached hydrogens (primary N) is 1.